The van der Waals surface area contributed by atoms with Gasteiger partial charge in [0.25, 0.3) is 0 Å². The maximum Gasteiger partial charge on any atom is 0.209 e. The van der Waals surface area contributed by atoms with Crippen molar-refractivity contribution in [3.8, 4) is 0 Å². The fourth-order valence-corrected chi connectivity index (χ4v) is 4.53. The molecule has 0 aliphatic rings. The SMILES string of the molecule is COCCCn1c(=NNc2nc3ccccc3s2)sc2ccccc21. The largest absolute Gasteiger partial charge is 0.385 e. The summed E-state index contributed by atoms with van der Waals surface area (Å²) in [4.78, 5) is 5.52. The third-order valence-electron chi connectivity index (χ3n) is 3.86. The van der Waals surface area contributed by atoms with Crippen LogP contribution in [0.25, 0.3) is 20.4 Å². The van der Waals surface area contributed by atoms with Gasteiger partial charge >= 0.3 is 0 Å². The number of thiazole rings is 2. The highest BCUT2D eigenvalue weighted by Gasteiger charge is 2.06. The Bertz CT molecular complexity index is 1030. The quantitative estimate of drug-likeness (QED) is 0.407. The molecule has 4 rings (SSSR count). The maximum absolute atomic E-state index is 5.19. The Labute approximate surface area is 153 Å². The molecule has 0 unspecified atom stereocenters. The molecule has 0 aliphatic carbocycles. The normalized spacial score (nSPS) is 12.3. The summed E-state index contributed by atoms with van der Waals surface area (Å²) in [7, 11) is 1.73. The second kappa shape index (κ2) is 7.35. The van der Waals surface area contributed by atoms with Crippen LogP contribution in [0.15, 0.2) is 53.6 Å². The van der Waals surface area contributed by atoms with Crippen LogP contribution in [0.1, 0.15) is 6.42 Å². The van der Waals surface area contributed by atoms with Crippen molar-refractivity contribution in [2.45, 2.75) is 13.0 Å². The number of methoxy groups -OCH3 is 1. The smallest absolute Gasteiger partial charge is 0.209 e. The van der Waals surface area contributed by atoms with Crippen LogP contribution < -0.4 is 10.2 Å². The van der Waals surface area contributed by atoms with Gasteiger partial charge in [0.2, 0.25) is 9.93 Å². The fourth-order valence-electron chi connectivity index (χ4n) is 2.70. The second-order valence-electron chi connectivity index (χ2n) is 5.56. The Morgan fingerprint density at radius 1 is 1.08 bits per heavy atom. The van der Waals surface area contributed by atoms with Gasteiger partial charge in [-0.05, 0) is 30.7 Å². The molecule has 0 atom stereocenters. The van der Waals surface area contributed by atoms with Crippen LogP contribution in [0.3, 0.4) is 0 Å². The van der Waals surface area contributed by atoms with Gasteiger partial charge in [-0.2, -0.15) is 0 Å². The molecule has 0 bridgehead atoms. The van der Waals surface area contributed by atoms with E-state index in [9.17, 15) is 0 Å². The predicted octanol–water partition coefficient (Wildman–Crippen LogP) is 4.28. The average molecular weight is 371 g/mol. The molecule has 1 N–H and O–H groups in total. The second-order valence-corrected chi connectivity index (χ2v) is 7.60. The van der Waals surface area contributed by atoms with Crippen LogP contribution in [0.5, 0.6) is 0 Å². The number of ether oxygens (including phenoxy) is 1. The van der Waals surface area contributed by atoms with E-state index in [1.165, 1.54) is 10.2 Å². The Morgan fingerprint density at radius 2 is 1.88 bits per heavy atom. The molecule has 5 nitrogen and oxygen atoms in total. The molecule has 0 radical (unpaired) electrons. The number of nitrogens with one attached hydrogen (secondary N) is 1. The Morgan fingerprint density at radius 3 is 2.72 bits per heavy atom. The molecule has 25 heavy (non-hydrogen) atoms. The number of para-hydroxylation sites is 2. The number of aromatic nitrogens is 2. The first kappa shape index (κ1) is 16.3. The van der Waals surface area contributed by atoms with Crippen molar-refractivity contribution < 1.29 is 4.74 Å². The van der Waals surface area contributed by atoms with E-state index in [1.807, 2.05) is 18.2 Å². The summed E-state index contributed by atoms with van der Waals surface area (Å²) >= 11 is 3.29. The van der Waals surface area contributed by atoms with Gasteiger partial charge in [0.1, 0.15) is 0 Å². The fraction of sp³-hybridized carbons (Fsp3) is 0.222. The number of aryl methyl sites for hydroxylation is 1. The molecular weight excluding hydrogens is 352 g/mol. The van der Waals surface area contributed by atoms with Crippen LogP contribution in [-0.4, -0.2) is 23.3 Å². The van der Waals surface area contributed by atoms with Gasteiger partial charge in [0, 0.05) is 20.3 Å². The highest BCUT2D eigenvalue weighted by Crippen LogP contribution is 2.25. The van der Waals surface area contributed by atoms with E-state index >= 15 is 0 Å². The van der Waals surface area contributed by atoms with E-state index in [2.05, 4.69) is 50.4 Å². The number of fused-ring (bicyclic) bond motifs is 2. The molecule has 4 aromatic rings. The third kappa shape index (κ3) is 3.44. The molecule has 0 aliphatic heterocycles. The monoisotopic (exact) mass is 370 g/mol. The lowest BCUT2D eigenvalue weighted by atomic mass is 10.3. The lowest BCUT2D eigenvalue weighted by Gasteiger charge is -2.04. The van der Waals surface area contributed by atoms with Gasteiger partial charge in [0.05, 0.1) is 20.4 Å². The summed E-state index contributed by atoms with van der Waals surface area (Å²) < 4.78 is 9.81. The van der Waals surface area contributed by atoms with Crippen LogP contribution in [0, 0.1) is 0 Å². The average Bonchev–Trinajstić information content (AvgIpc) is 3.21. The van der Waals surface area contributed by atoms with Crippen molar-refractivity contribution in [2.24, 2.45) is 5.10 Å². The Balaban J connectivity index is 1.68. The zero-order chi connectivity index (χ0) is 17.1. The number of anilines is 1. The molecule has 0 amide bonds. The molecule has 128 valence electrons. The molecule has 2 aromatic heterocycles. The molecule has 0 fully saturated rings. The number of hydrogen-bond donors (Lipinski definition) is 1. The summed E-state index contributed by atoms with van der Waals surface area (Å²) in [5.74, 6) is 0. The minimum atomic E-state index is 0.738. The van der Waals surface area contributed by atoms with Crippen LogP contribution >= 0.6 is 22.7 Å². The minimum absolute atomic E-state index is 0.738. The molecule has 2 heterocycles. The zero-order valence-corrected chi connectivity index (χ0v) is 15.4. The van der Waals surface area contributed by atoms with Crippen molar-refractivity contribution >= 4 is 48.2 Å². The van der Waals surface area contributed by atoms with Crippen molar-refractivity contribution in [3.63, 3.8) is 0 Å². The zero-order valence-electron chi connectivity index (χ0n) is 13.8. The van der Waals surface area contributed by atoms with Gasteiger partial charge < -0.3 is 9.30 Å². The van der Waals surface area contributed by atoms with E-state index in [-0.39, 0.29) is 0 Å². The molecule has 2 aromatic carbocycles. The van der Waals surface area contributed by atoms with E-state index in [0.717, 1.165) is 39.7 Å². The molecule has 0 spiro atoms. The van der Waals surface area contributed by atoms with E-state index in [0.29, 0.717) is 0 Å². The van der Waals surface area contributed by atoms with Crippen molar-refractivity contribution in [3.05, 3.63) is 53.3 Å². The maximum atomic E-state index is 5.19. The highest BCUT2D eigenvalue weighted by atomic mass is 32.1. The minimum Gasteiger partial charge on any atom is -0.385 e. The first-order valence-corrected chi connectivity index (χ1v) is 9.71. The number of hydrogen-bond acceptors (Lipinski definition) is 6. The lowest BCUT2D eigenvalue weighted by Crippen LogP contribution is -2.17. The summed E-state index contributed by atoms with van der Waals surface area (Å²) in [6, 6.07) is 16.5. The van der Waals surface area contributed by atoms with Crippen molar-refractivity contribution in [2.75, 3.05) is 19.1 Å². The Kier molecular flexibility index (Phi) is 4.78. The molecule has 0 saturated heterocycles. The van der Waals surface area contributed by atoms with Crippen LogP contribution in [-0.2, 0) is 11.3 Å². The van der Waals surface area contributed by atoms with E-state index in [4.69, 9.17) is 4.74 Å². The van der Waals surface area contributed by atoms with Gasteiger partial charge in [0.15, 0.2) is 0 Å². The Hall–Kier alpha value is -2.22. The van der Waals surface area contributed by atoms with Crippen molar-refractivity contribution in [1.82, 2.24) is 9.55 Å². The van der Waals surface area contributed by atoms with Gasteiger partial charge in [-0.25, -0.2) is 10.4 Å². The van der Waals surface area contributed by atoms with Gasteiger partial charge in [-0.1, -0.05) is 46.9 Å². The lowest BCUT2D eigenvalue weighted by molar-refractivity contribution is 0.190. The predicted molar refractivity (Wildman–Crippen MR) is 105 cm³/mol. The molecular formula is C18H18N4OS2. The van der Waals surface area contributed by atoms with Gasteiger partial charge in [-0.3, -0.25) is 0 Å². The third-order valence-corrected chi connectivity index (χ3v) is 5.86. The summed E-state index contributed by atoms with van der Waals surface area (Å²) in [5.41, 5.74) is 5.33. The molecule has 7 heteroatoms. The van der Waals surface area contributed by atoms with Crippen LogP contribution in [0.4, 0.5) is 5.13 Å². The topological polar surface area (TPSA) is 51.4 Å². The van der Waals surface area contributed by atoms with Crippen molar-refractivity contribution in [1.29, 1.82) is 0 Å². The van der Waals surface area contributed by atoms with Gasteiger partial charge in [-0.15, -0.1) is 5.10 Å². The first-order chi connectivity index (χ1) is 12.3. The summed E-state index contributed by atoms with van der Waals surface area (Å²) in [6.07, 6.45) is 0.950. The highest BCUT2D eigenvalue weighted by molar-refractivity contribution is 7.22. The standard InChI is InChI=1S/C18H18N4OS2/c1-23-12-6-11-22-14-8-3-5-10-16(14)25-18(22)21-20-17-19-13-7-2-4-9-15(13)24-17/h2-5,7-10H,6,11-12H2,1H3,(H,19,20). The number of nitrogens with zero attached hydrogens (tertiary/aromatic N) is 3. The van der Waals surface area contributed by atoms with Crippen LogP contribution in [0.2, 0.25) is 0 Å². The summed E-state index contributed by atoms with van der Waals surface area (Å²) in [5, 5.41) is 5.43. The summed E-state index contributed by atoms with van der Waals surface area (Å²) in [6.45, 7) is 1.61. The molecule has 0 saturated carbocycles. The van der Waals surface area contributed by atoms with E-state index < -0.39 is 0 Å². The number of rotatable bonds is 6. The van der Waals surface area contributed by atoms with E-state index in [1.54, 1.807) is 29.8 Å². The number of benzene rings is 2. The first-order valence-electron chi connectivity index (χ1n) is 8.08.